The van der Waals surface area contributed by atoms with Crippen molar-refractivity contribution in [1.82, 2.24) is 9.80 Å². The van der Waals surface area contributed by atoms with E-state index in [1.165, 1.54) is 31.6 Å². The van der Waals surface area contributed by atoms with Crippen LogP contribution in [0.2, 0.25) is 0 Å². The molecule has 0 aromatic heterocycles. The zero-order valence-corrected chi connectivity index (χ0v) is 13.1. The van der Waals surface area contributed by atoms with E-state index in [-0.39, 0.29) is 0 Å². The summed E-state index contributed by atoms with van der Waals surface area (Å²) in [6.45, 7) is 12.6. The molecule has 0 radical (unpaired) electrons. The smallest absolute Gasteiger partial charge is 0.0109 e. The summed E-state index contributed by atoms with van der Waals surface area (Å²) in [6, 6.07) is 10.8. The Morgan fingerprint density at radius 3 is 2.16 bits per heavy atom. The first-order chi connectivity index (χ1) is 9.17. The summed E-state index contributed by atoms with van der Waals surface area (Å²) in [5.74, 6) is 0.650. The van der Waals surface area contributed by atoms with E-state index in [2.05, 4.69) is 68.0 Å². The van der Waals surface area contributed by atoms with Crippen molar-refractivity contribution in [2.45, 2.75) is 33.1 Å². The Balaban J connectivity index is 2.24. The number of hydrogen-bond acceptors (Lipinski definition) is 2. The molecule has 1 aromatic rings. The van der Waals surface area contributed by atoms with Gasteiger partial charge in [0.15, 0.2) is 0 Å². The Kier molecular flexibility index (Phi) is 7.76. The second-order valence-corrected chi connectivity index (χ2v) is 5.43. The van der Waals surface area contributed by atoms with Crippen molar-refractivity contribution in [3.05, 3.63) is 35.9 Å². The van der Waals surface area contributed by atoms with E-state index in [0.29, 0.717) is 5.92 Å². The SMILES string of the molecule is CCN(CC)CCN(C)CC[C@H](C)c1ccccc1. The minimum Gasteiger partial charge on any atom is -0.305 e. The molecule has 0 amide bonds. The van der Waals surface area contributed by atoms with Gasteiger partial charge in [-0.2, -0.15) is 0 Å². The normalized spacial score (nSPS) is 13.2. The molecule has 0 bridgehead atoms. The van der Waals surface area contributed by atoms with Crippen molar-refractivity contribution in [3.63, 3.8) is 0 Å². The van der Waals surface area contributed by atoms with Gasteiger partial charge in [-0.15, -0.1) is 0 Å². The first kappa shape index (κ1) is 16.2. The zero-order valence-electron chi connectivity index (χ0n) is 13.1. The van der Waals surface area contributed by atoms with Crippen LogP contribution in [0.5, 0.6) is 0 Å². The number of nitrogens with zero attached hydrogens (tertiary/aromatic N) is 2. The second kappa shape index (κ2) is 9.11. The number of benzene rings is 1. The van der Waals surface area contributed by atoms with E-state index in [1.54, 1.807) is 0 Å². The van der Waals surface area contributed by atoms with Crippen LogP contribution < -0.4 is 0 Å². The molecule has 2 nitrogen and oxygen atoms in total. The number of hydrogen-bond donors (Lipinski definition) is 0. The number of likely N-dealkylation sites (N-methyl/N-ethyl adjacent to an activating group) is 2. The monoisotopic (exact) mass is 262 g/mol. The largest absolute Gasteiger partial charge is 0.305 e. The lowest BCUT2D eigenvalue weighted by molar-refractivity contribution is 0.237. The van der Waals surface area contributed by atoms with Crippen LogP contribution in [0.15, 0.2) is 30.3 Å². The molecule has 2 heteroatoms. The van der Waals surface area contributed by atoms with Crippen LogP contribution in [0.1, 0.15) is 38.7 Å². The van der Waals surface area contributed by atoms with Gasteiger partial charge in [0.25, 0.3) is 0 Å². The summed E-state index contributed by atoms with van der Waals surface area (Å²) in [5.41, 5.74) is 1.46. The van der Waals surface area contributed by atoms with Gasteiger partial charge >= 0.3 is 0 Å². The van der Waals surface area contributed by atoms with Crippen molar-refractivity contribution in [3.8, 4) is 0 Å². The Bertz CT molecular complexity index is 319. The van der Waals surface area contributed by atoms with E-state index in [9.17, 15) is 0 Å². The van der Waals surface area contributed by atoms with E-state index >= 15 is 0 Å². The fourth-order valence-corrected chi connectivity index (χ4v) is 2.33. The molecule has 0 aliphatic rings. The lowest BCUT2D eigenvalue weighted by Gasteiger charge is -2.24. The summed E-state index contributed by atoms with van der Waals surface area (Å²) < 4.78 is 0. The van der Waals surface area contributed by atoms with Gasteiger partial charge in [0.1, 0.15) is 0 Å². The zero-order chi connectivity index (χ0) is 14.1. The summed E-state index contributed by atoms with van der Waals surface area (Å²) >= 11 is 0. The van der Waals surface area contributed by atoms with Crippen LogP contribution in [0, 0.1) is 0 Å². The highest BCUT2D eigenvalue weighted by atomic mass is 15.2. The molecular formula is C17H30N2. The molecule has 0 aliphatic heterocycles. The molecule has 0 fully saturated rings. The minimum atomic E-state index is 0.650. The summed E-state index contributed by atoms with van der Waals surface area (Å²) in [4.78, 5) is 4.94. The fraction of sp³-hybridized carbons (Fsp3) is 0.647. The molecule has 0 heterocycles. The van der Waals surface area contributed by atoms with Gasteiger partial charge in [-0.1, -0.05) is 51.1 Å². The maximum atomic E-state index is 2.48. The molecule has 0 aliphatic carbocycles. The van der Waals surface area contributed by atoms with Crippen LogP contribution >= 0.6 is 0 Å². The Hall–Kier alpha value is -0.860. The van der Waals surface area contributed by atoms with Gasteiger partial charge < -0.3 is 9.80 Å². The van der Waals surface area contributed by atoms with Crippen molar-refractivity contribution < 1.29 is 0 Å². The Morgan fingerprint density at radius 2 is 1.58 bits per heavy atom. The van der Waals surface area contributed by atoms with Crippen LogP contribution in [-0.4, -0.2) is 49.6 Å². The van der Waals surface area contributed by atoms with Gasteiger partial charge in [0.05, 0.1) is 0 Å². The molecule has 0 saturated carbocycles. The summed E-state index contributed by atoms with van der Waals surface area (Å²) in [5, 5.41) is 0. The molecule has 0 saturated heterocycles. The first-order valence-corrected chi connectivity index (χ1v) is 7.63. The third-order valence-electron chi connectivity index (χ3n) is 4.00. The van der Waals surface area contributed by atoms with Crippen molar-refractivity contribution in [2.75, 3.05) is 39.8 Å². The van der Waals surface area contributed by atoms with Crippen LogP contribution in [-0.2, 0) is 0 Å². The molecule has 1 aromatic carbocycles. The van der Waals surface area contributed by atoms with Gasteiger partial charge in [-0.25, -0.2) is 0 Å². The van der Waals surface area contributed by atoms with E-state index < -0.39 is 0 Å². The highest BCUT2D eigenvalue weighted by Crippen LogP contribution is 2.18. The van der Waals surface area contributed by atoms with Gasteiger partial charge in [0.2, 0.25) is 0 Å². The van der Waals surface area contributed by atoms with Crippen molar-refractivity contribution in [1.29, 1.82) is 0 Å². The predicted molar refractivity (Wildman–Crippen MR) is 84.8 cm³/mol. The third kappa shape index (κ3) is 6.22. The molecule has 0 unspecified atom stereocenters. The van der Waals surface area contributed by atoms with E-state index in [1.807, 2.05) is 0 Å². The topological polar surface area (TPSA) is 6.48 Å². The average Bonchev–Trinajstić information content (AvgIpc) is 2.46. The maximum Gasteiger partial charge on any atom is 0.0109 e. The minimum absolute atomic E-state index is 0.650. The lowest BCUT2D eigenvalue weighted by Crippen LogP contribution is -2.33. The van der Waals surface area contributed by atoms with Crippen LogP contribution in [0.25, 0.3) is 0 Å². The molecule has 1 atom stereocenters. The summed E-state index contributed by atoms with van der Waals surface area (Å²) in [7, 11) is 2.24. The van der Waals surface area contributed by atoms with E-state index in [0.717, 1.165) is 13.1 Å². The molecule has 1 rings (SSSR count). The average molecular weight is 262 g/mol. The lowest BCUT2D eigenvalue weighted by atomic mass is 9.98. The predicted octanol–water partition coefficient (Wildman–Crippen LogP) is 3.45. The quantitative estimate of drug-likeness (QED) is 0.672. The van der Waals surface area contributed by atoms with Crippen molar-refractivity contribution in [2.24, 2.45) is 0 Å². The molecule has 0 spiro atoms. The van der Waals surface area contributed by atoms with Crippen molar-refractivity contribution >= 4 is 0 Å². The van der Waals surface area contributed by atoms with Crippen LogP contribution in [0.3, 0.4) is 0 Å². The van der Waals surface area contributed by atoms with Gasteiger partial charge in [-0.3, -0.25) is 0 Å². The van der Waals surface area contributed by atoms with E-state index in [4.69, 9.17) is 0 Å². The second-order valence-electron chi connectivity index (χ2n) is 5.43. The highest BCUT2D eigenvalue weighted by Gasteiger charge is 2.07. The third-order valence-corrected chi connectivity index (χ3v) is 4.00. The van der Waals surface area contributed by atoms with Gasteiger partial charge in [0, 0.05) is 13.1 Å². The maximum absolute atomic E-state index is 2.48. The molecule has 108 valence electrons. The highest BCUT2D eigenvalue weighted by molar-refractivity contribution is 5.18. The summed E-state index contributed by atoms with van der Waals surface area (Å²) in [6.07, 6.45) is 1.23. The molecule has 0 N–H and O–H groups in total. The van der Waals surface area contributed by atoms with Gasteiger partial charge in [-0.05, 0) is 44.6 Å². The molecular weight excluding hydrogens is 232 g/mol. The first-order valence-electron chi connectivity index (χ1n) is 7.63. The molecule has 19 heavy (non-hydrogen) atoms. The Labute approximate surface area is 119 Å². The standard InChI is InChI=1S/C17H30N2/c1-5-19(6-2)15-14-18(4)13-12-16(3)17-10-8-7-9-11-17/h7-11,16H,5-6,12-15H2,1-4H3/t16-/m0/s1. The van der Waals surface area contributed by atoms with Crippen LogP contribution in [0.4, 0.5) is 0 Å². The number of rotatable bonds is 9. The Morgan fingerprint density at radius 1 is 0.947 bits per heavy atom. The fourth-order valence-electron chi connectivity index (χ4n) is 2.33.